The molecular formula is C36H36Cl2O12S2. The third-order valence-electron chi connectivity index (χ3n) is 10.3. The zero-order valence-electron chi connectivity index (χ0n) is 28.5. The van der Waals surface area contributed by atoms with E-state index in [1.807, 2.05) is 0 Å². The van der Waals surface area contributed by atoms with Crippen LogP contribution < -0.4 is 0 Å². The van der Waals surface area contributed by atoms with E-state index in [2.05, 4.69) is 0 Å². The molecule has 0 spiro atoms. The van der Waals surface area contributed by atoms with Gasteiger partial charge in [-0.25, -0.2) is 16.8 Å². The molecule has 16 heteroatoms. The zero-order chi connectivity index (χ0) is 38.2. The van der Waals surface area contributed by atoms with Gasteiger partial charge in [0.2, 0.25) is 0 Å². The number of esters is 4. The largest absolute Gasteiger partial charge is 0.468 e. The van der Waals surface area contributed by atoms with Crippen molar-refractivity contribution in [2.24, 2.45) is 10.8 Å². The molecule has 4 atom stereocenters. The average Bonchev–Trinajstić information content (AvgIpc) is 3.13. The van der Waals surface area contributed by atoms with Crippen molar-refractivity contribution in [1.29, 1.82) is 0 Å². The van der Waals surface area contributed by atoms with Crippen molar-refractivity contribution < 1.29 is 55.0 Å². The van der Waals surface area contributed by atoms with Crippen molar-refractivity contribution in [2.45, 2.75) is 23.7 Å². The summed E-state index contributed by atoms with van der Waals surface area (Å²) in [7, 11) is -3.56. The van der Waals surface area contributed by atoms with Crippen molar-refractivity contribution in [3.8, 4) is 0 Å². The predicted molar refractivity (Wildman–Crippen MR) is 191 cm³/mol. The molecule has 3 aromatic rings. The highest BCUT2D eigenvalue weighted by Crippen LogP contribution is 2.56. The maximum atomic E-state index is 13.9. The van der Waals surface area contributed by atoms with Crippen LogP contribution in [0.2, 0.25) is 10.0 Å². The summed E-state index contributed by atoms with van der Waals surface area (Å²) in [4.78, 5) is 55.6. The Kier molecular flexibility index (Phi) is 11.2. The first kappa shape index (κ1) is 39.2. The Balaban J connectivity index is 1.73. The van der Waals surface area contributed by atoms with Gasteiger partial charge < -0.3 is 18.9 Å². The van der Waals surface area contributed by atoms with Crippen molar-refractivity contribution >= 4 is 66.8 Å². The molecule has 0 radical (unpaired) electrons. The summed E-state index contributed by atoms with van der Waals surface area (Å²) in [6.07, 6.45) is 0. The summed E-state index contributed by atoms with van der Waals surface area (Å²) < 4.78 is 75.0. The number of halogens is 2. The van der Waals surface area contributed by atoms with Gasteiger partial charge in [0, 0.05) is 33.7 Å². The number of hydrogen-bond acceptors (Lipinski definition) is 12. The minimum atomic E-state index is -3.94. The van der Waals surface area contributed by atoms with Gasteiger partial charge in [0.25, 0.3) is 0 Å². The molecule has 0 bridgehead atoms. The molecule has 0 aromatic heterocycles. The summed E-state index contributed by atoms with van der Waals surface area (Å²) in [5.41, 5.74) is -3.36. The van der Waals surface area contributed by atoms with E-state index in [-0.39, 0.29) is 11.1 Å². The topological polar surface area (TPSA) is 173 Å². The molecule has 2 unspecified atom stereocenters. The lowest BCUT2D eigenvalue weighted by atomic mass is 9.61. The van der Waals surface area contributed by atoms with E-state index < -0.39 is 101 Å². The second-order valence-corrected chi connectivity index (χ2v) is 18.0. The predicted octanol–water partition coefficient (Wildman–Crippen LogP) is 4.25. The van der Waals surface area contributed by atoms with E-state index in [0.29, 0.717) is 21.2 Å². The van der Waals surface area contributed by atoms with Gasteiger partial charge in [-0.2, -0.15) is 0 Å². The van der Waals surface area contributed by atoms with Crippen LogP contribution >= 0.6 is 23.2 Å². The number of rotatable bonds is 8. The van der Waals surface area contributed by atoms with Crippen LogP contribution in [-0.2, 0) is 57.8 Å². The molecule has 0 N–H and O–H groups in total. The standard InChI is InChI=1S/C36H36Cl2O12S2/c1-47-31(39)35(32(40)48-2)27(17-51(43,44)19-29(35)23-9-13-25(37)14-10-23)21-5-7-22(8-6-21)28-18-52(45,46)20-30(24-11-15-26(38)16-12-24)36(28,33(41)49-3)34(42)50-4/h5-16,27-30H,17-20H2,1-4H3/t27-,28?,29+,30?/m1/s1. The molecule has 2 aliphatic rings. The van der Waals surface area contributed by atoms with Gasteiger partial charge in [0.1, 0.15) is 0 Å². The van der Waals surface area contributed by atoms with Crippen LogP contribution in [0.4, 0.5) is 0 Å². The van der Waals surface area contributed by atoms with Gasteiger partial charge in [-0.15, -0.1) is 0 Å². The summed E-state index contributed by atoms with van der Waals surface area (Å²) in [5.74, 6) is -11.8. The Morgan fingerprint density at radius 3 is 0.846 bits per heavy atom. The quantitative estimate of drug-likeness (QED) is 0.181. The Bertz CT molecular complexity index is 1900. The van der Waals surface area contributed by atoms with E-state index in [1.165, 1.54) is 72.8 Å². The monoisotopic (exact) mass is 794 g/mol. The summed E-state index contributed by atoms with van der Waals surface area (Å²) in [6, 6.07) is 17.8. The number of ether oxygens (including phenoxy) is 4. The lowest BCUT2D eigenvalue weighted by Gasteiger charge is -2.46. The van der Waals surface area contributed by atoms with Gasteiger partial charge in [0.05, 0.1) is 51.5 Å². The molecule has 2 aliphatic heterocycles. The summed E-state index contributed by atoms with van der Waals surface area (Å²) >= 11 is 12.2. The smallest absolute Gasteiger partial charge is 0.324 e. The molecule has 0 amide bonds. The lowest BCUT2D eigenvalue weighted by molar-refractivity contribution is -0.174. The van der Waals surface area contributed by atoms with E-state index in [4.69, 9.17) is 42.1 Å². The Morgan fingerprint density at radius 1 is 0.462 bits per heavy atom. The Labute approximate surface area is 311 Å². The molecule has 2 saturated heterocycles. The van der Waals surface area contributed by atoms with Gasteiger partial charge in [0.15, 0.2) is 30.5 Å². The Hall–Kier alpha value is -3.98. The third-order valence-corrected chi connectivity index (χ3v) is 14.1. The number of hydrogen-bond donors (Lipinski definition) is 0. The molecule has 12 nitrogen and oxygen atoms in total. The highest BCUT2D eigenvalue weighted by atomic mass is 35.5. The highest BCUT2D eigenvalue weighted by Gasteiger charge is 2.66. The molecule has 0 saturated carbocycles. The number of methoxy groups -OCH3 is 4. The lowest BCUT2D eigenvalue weighted by Crippen LogP contribution is -2.57. The van der Waals surface area contributed by atoms with Crippen LogP contribution in [0.25, 0.3) is 0 Å². The van der Waals surface area contributed by atoms with E-state index in [1.54, 1.807) is 0 Å². The van der Waals surface area contributed by atoms with Crippen LogP contribution in [0, 0.1) is 10.8 Å². The third kappa shape index (κ3) is 6.70. The maximum absolute atomic E-state index is 13.9. The van der Waals surface area contributed by atoms with Gasteiger partial charge >= 0.3 is 23.9 Å². The number of benzene rings is 3. The normalized spacial score (nSPS) is 24.1. The number of sulfone groups is 2. The molecule has 3 aromatic carbocycles. The van der Waals surface area contributed by atoms with Crippen LogP contribution in [-0.4, -0.2) is 92.2 Å². The van der Waals surface area contributed by atoms with Gasteiger partial charge in [-0.3, -0.25) is 19.2 Å². The SMILES string of the molecule is COC(=O)C1(C(=O)OC)C(c2ccc(Cl)cc2)CS(=O)(=O)CC1c1ccc([C@H]2CS(=O)(=O)C[C@@H](c3ccc(Cl)cc3)C2(C(=O)OC)C(=O)OC)cc1. The van der Waals surface area contributed by atoms with Crippen LogP contribution in [0.5, 0.6) is 0 Å². The second-order valence-electron chi connectivity index (χ2n) is 12.8. The van der Waals surface area contributed by atoms with E-state index in [9.17, 15) is 36.0 Å². The highest BCUT2D eigenvalue weighted by molar-refractivity contribution is 7.91. The van der Waals surface area contributed by atoms with Crippen molar-refractivity contribution in [3.05, 3.63) is 105 Å². The molecule has 2 heterocycles. The fraction of sp³-hybridized carbons (Fsp3) is 0.389. The van der Waals surface area contributed by atoms with Crippen LogP contribution in [0.3, 0.4) is 0 Å². The minimum Gasteiger partial charge on any atom is -0.468 e. The first-order valence-electron chi connectivity index (χ1n) is 15.9. The van der Waals surface area contributed by atoms with Gasteiger partial charge in [-0.05, 0) is 46.5 Å². The molecule has 0 aliphatic carbocycles. The molecule has 278 valence electrons. The summed E-state index contributed by atoms with van der Waals surface area (Å²) in [6.45, 7) is 0. The molecule has 5 rings (SSSR count). The first-order chi connectivity index (χ1) is 24.5. The Morgan fingerprint density at radius 2 is 0.654 bits per heavy atom. The van der Waals surface area contributed by atoms with Crippen LogP contribution in [0.15, 0.2) is 72.8 Å². The summed E-state index contributed by atoms with van der Waals surface area (Å²) in [5, 5.41) is 0.684. The number of carbonyl (C=O) groups excluding carboxylic acids is 4. The molecule has 52 heavy (non-hydrogen) atoms. The van der Waals surface area contributed by atoms with Crippen LogP contribution in [0.1, 0.15) is 45.9 Å². The van der Waals surface area contributed by atoms with Crippen molar-refractivity contribution in [1.82, 2.24) is 0 Å². The fourth-order valence-electron chi connectivity index (χ4n) is 7.93. The van der Waals surface area contributed by atoms with Gasteiger partial charge in [-0.1, -0.05) is 71.7 Å². The number of carbonyl (C=O) groups is 4. The minimum absolute atomic E-state index is 0.191. The average molecular weight is 796 g/mol. The fourth-order valence-corrected chi connectivity index (χ4v) is 12.3. The molecular weight excluding hydrogens is 759 g/mol. The van der Waals surface area contributed by atoms with Crippen molar-refractivity contribution in [3.63, 3.8) is 0 Å². The van der Waals surface area contributed by atoms with E-state index in [0.717, 1.165) is 28.4 Å². The zero-order valence-corrected chi connectivity index (χ0v) is 31.7. The van der Waals surface area contributed by atoms with Crippen molar-refractivity contribution in [2.75, 3.05) is 51.5 Å². The maximum Gasteiger partial charge on any atom is 0.324 e. The van der Waals surface area contributed by atoms with E-state index >= 15 is 0 Å². The molecule has 2 fully saturated rings. The second kappa shape index (κ2) is 14.8. The first-order valence-corrected chi connectivity index (χ1v) is 20.3.